The number of hydrogen-bond acceptors (Lipinski definition) is 2. The summed E-state index contributed by atoms with van der Waals surface area (Å²) in [5.41, 5.74) is 0.557. The smallest absolute Gasteiger partial charge is 0.191 e. The second kappa shape index (κ2) is 9.19. The molecule has 24 heavy (non-hydrogen) atoms. The summed E-state index contributed by atoms with van der Waals surface area (Å²) in [4.78, 5) is 4.91. The van der Waals surface area contributed by atoms with Crippen LogP contribution in [0.2, 0.25) is 0 Å². The first kappa shape index (κ1) is 20.5. The minimum atomic E-state index is -0.659. The van der Waals surface area contributed by atoms with Gasteiger partial charge in [0.05, 0.1) is 0 Å². The van der Waals surface area contributed by atoms with E-state index in [-0.39, 0.29) is 24.0 Å². The average Bonchev–Trinajstić information content (AvgIpc) is 3.45. The first-order valence-corrected chi connectivity index (χ1v) is 11.0. The molecule has 3 rings (SSSR count). The fourth-order valence-corrected chi connectivity index (χ4v) is 5.40. The Hall–Kier alpha value is 0.150. The van der Waals surface area contributed by atoms with Gasteiger partial charge in [-0.25, -0.2) is 0 Å². The van der Waals surface area contributed by atoms with Crippen molar-refractivity contribution < 1.29 is 4.21 Å². The van der Waals surface area contributed by atoms with Crippen molar-refractivity contribution in [1.82, 2.24) is 10.6 Å². The van der Waals surface area contributed by atoms with E-state index < -0.39 is 10.8 Å². The van der Waals surface area contributed by atoms with Crippen LogP contribution in [-0.4, -0.2) is 40.3 Å². The molecule has 3 saturated carbocycles. The molecular weight excluding hydrogens is 433 g/mol. The predicted octanol–water partition coefficient (Wildman–Crippen LogP) is 3.43. The summed E-state index contributed by atoms with van der Waals surface area (Å²) in [5.74, 6) is 2.72. The minimum absolute atomic E-state index is 0. The van der Waals surface area contributed by atoms with Gasteiger partial charge < -0.3 is 10.6 Å². The summed E-state index contributed by atoms with van der Waals surface area (Å²) in [5, 5.41) is 7.41. The molecule has 3 atom stereocenters. The normalized spacial score (nSPS) is 30.2. The van der Waals surface area contributed by atoms with Crippen LogP contribution in [0.1, 0.15) is 65.2 Å². The number of aliphatic imine (C=N–C) groups is 1. The topological polar surface area (TPSA) is 53.5 Å². The lowest BCUT2D eigenvalue weighted by Crippen LogP contribution is -2.46. The van der Waals surface area contributed by atoms with Crippen LogP contribution in [0.25, 0.3) is 0 Å². The molecule has 3 aliphatic carbocycles. The van der Waals surface area contributed by atoms with Gasteiger partial charge in [-0.2, -0.15) is 0 Å². The molecule has 0 aromatic heterocycles. The summed E-state index contributed by atoms with van der Waals surface area (Å²) >= 11 is 0. The number of rotatable bonds is 7. The zero-order valence-corrected chi connectivity index (χ0v) is 18.3. The predicted molar refractivity (Wildman–Crippen MR) is 114 cm³/mol. The maximum Gasteiger partial charge on any atom is 0.191 e. The van der Waals surface area contributed by atoms with Crippen molar-refractivity contribution >= 4 is 40.7 Å². The molecule has 3 aliphatic rings. The van der Waals surface area contributed by atoms with Gasteiger partial charge in [-0.3, -0.25) is 9.20 Å². The summed E-state index contributed by atoms with van der Waals surface area (Å²) in [6.45, 7) is 6.05. The Bertz CT molecular complexity index is 463. The third kappa shape index (κ3) is 5.32. The van der Waals surface area contributed by atoms with Crippen LogP contribution in [-0.2, 0) is 10.8 Å². The minimum Gasteiger partial charge on any atom is -0.357 e. The average molecular weight is 467 g/mol. The Kier molecular flexibility index (Phi) is 7.84. The molecule has 140 valence electrons. The number of guanidine groups is 1. The highest BCUT2D eigenvalue weighted by Crippen LogP contribution is 2.61. The SMILES string of the molecule is CCNC(=NCC1(C2CC2)CC1)NC1CCCC(S(=O)CC)C1.I. The second-order valence-electron chi connectivity index (χ2n) is 7.63. The standard InChI is InChI=1S/C18H33N3OS.HI/c1-3-19-17(20-13-18(10-11-18)14-8-9-14)21-15-6-5-7-16(12-15)23(22)4-2;/h14-16H,3-13H2,1-2H3,(H2,19,20,21);1H. The highest BCUT2D eigenvalue weighted by Gasteiger charge is 2.53. The Morgan fingerprint density at radius 3 is 2.54 bits per heavy atom. The molecule has 0 saturated heterocycles. The Balaban J connectivity index is 0.00000208. The van der Waals surface area contributed by atoms with E-state index in [2.05, 4.69) is 17.6 Å². The Morgan fingerprint density at radius 2 is 1.96 bits per heavy atom. The van der Waals surface area contributed by atoms with E-state index in [4.69, 9.17) is 4.99 Å². The van der Waals surface area contributed by atoms with Gasteiger partial charge in [0.1, 0.15) is 0 Å². The van der Waals surface area contributed by atoms with Gasteiger partial charge in [0.2, 0.25) is 0 Å². The van der Waals surface area contributed by atoms with Crippen LogP contribution in [0.3, 0.4) is 0 Å². The number of nitrogens with zero attached hydrogens (tertiary/aromatic N) is 1. The van der Waals surface area contributed by atoms with Gasteiger partial charge in [-0.15, -0.1) is 24.0 Å². The monoisotopic (exact) mass is 467 g/mol. The van der Waals surface area contributed by atoms with Crippen molar-refractivity contribution in [1.29, 1.82) is 0 Å². The fraction of sp³-hybridized carbons (Fsp3) is 0.944. The van der Waals surface area contributed by atoms with Gasteiger partial charge >= 0.3 is 0 Å². The van der Waals surface area contributed by atoms with Gasteiger partial charge in [0.25, 0.3) is 0 Å². The zero-order valence-electron chi connectivity index (χ0n) is 15.2. The molecule has 0 radical (unpaired) electrons. The van der Waals surface area contributed by atoms with Gasteiger partial charge in [-0.1, -0.05) is 13.3 Å². The second-order valence-corrected chi connectivity index (χ2v) is 9.64. The van der Waals surface area contributed by atoms with E-state index in [0.29, 0.717) is 16.7 Å². The van der Waals surface area contributed by atoms with Crippen LogP contribution in [0, 0.1) is 11.3 Å². The van der Waals surface area contributed by atoms with Crippen molar-refractivity contribution in [2.45, 2.75) is 76.5 Å². The van der Waals surface area contributed by atoms with Crippen molar-refractivity contribution in [3.8, 4) is 0 Å². The third-order valence-corrected chi connectivity index (χ3v) is 7.60. The molecule has 0 heterocycles. The van der Waals surface area contributed by atoms with Crippen LogP contribution in [0.15, 0.2) is 4.99 Å². The first-order chi connectivity index (χ1) is 11.2. The van der Waals surface area contributed by atoms with E-state index in [1.807, 2.05) is 6.92 Å². The molecule has 0 aromatic carbocycles. The highest BCUT2D eigenvalue weighted by molar-refractivity contribution is 14.0. The van der Waals surface area contributed by atoms with Crippen molar-refractivity contribution in [3.05, 3.63) is 0 Å². The molecule has 0 aliphatic heterocycles. The first-order valence-electron chi connectivity index (χ1n) is 9.59. The van der Waals surface area contributed by atoms with Gasteiger partial charge in [-0.05, 0) is 63.2 Å². The molecule has 0 bridgehead atoms. The van der Waals surface area contributed by atoms with Crippen molar-refractivity contribution in [2.24, 2.45) is 16.3 Å². The fourth-order valence-electron chi connectivity index (χ4n) is 4.05. The van der Waals surface area contributed by atoms with Gasteiger partial charge in [0, 0.05) is 40.9 Å². The van der Waals surface area contributed by atoms with Crippen LogP contribution in [0.4, 0.5) is 0 Å². The van der Waals surface area contributed by atoms with Crippen molar-refractivity contribution in [3.63, 3.8) is 0 Å². The van der Waals surface area contributed by atoms with Crippen LogP contribution in [0.5, 0.6) is 0 Å². The molecule has 2 N–H and O–H groups in total. The molecule has 6 heteroatoms. The van der Waals surface area contributed by atoms with E-state index >= 15 is 0 Å². The summed E-state index contributed by atoms with van der Waals surface area (Å²) < 4.78 is 12.1. The van der Waals surface area contributed by atoms with E-state index in [0.717, 1.165) is 43.6 Å². The molecule has 0 spiro atoms. The molecule has 3 fully saturated rings. The Morgan fingerprint density at radius 1 is 1.21 bits per heavy atom. The zero-order chi connectivity index (χ0) is 16.3. The molecule has 3 unspecified atom stereocenters. The summed E-state index contributed by atoms with van der Waals surface area (Å²) in [6, 6.07) is 0.429. The summed E-state index contributed by atoms with van der Waals surface area (Å²) in [7, 11) is -0.659. The maximum absolute atomic E-state index is 12.1. The van der Waals surface area contributed by atoms with Crippen LogP contribution >= 0.6 is 24.0 Å². The molecular formula is C18H34IN3OS. The van der Waals surface area contributed by atoms with E-state index in [1.165, 1.54) is 38.5 Å². The molecule has 4 nitrogen and oxygen atoms in total. The number of halogens is 1. The maximum atomic E-state index is 12.1. The lowest BCUT2D eigenvalue weighted by molar-refractivity contribution is 0.410. The Labute approximate surface area is 166 Å². The largest absolute Gasteiger partial charge is 0.357 e. The lowest BCUT2D eigenvalue weighted by Gasteiger charge is -2.30. The quantitative estimate of drug-likeness (QED) is 0.343. The third-order valence-electron chi connectivity index (χ3n) is 5.86. The van der Waals surface area contributed by atoms with E-state index in [9.17, 15) is 4.21 Å². The molecule has 0 aromatic rings. The van der Waals surface area contributed by atoms with Gasteiger partial charge in [0.15, 0.2) is 5.96 Å². The van der Waals surface area contributed by atoms with E-state index in [1.54, 1.807) is 0 Å². The highest BCUT2D eigenvalue weighted by atomic mass is 127. The lowest BCUT2D eigenvalue weighted by atomic mass is 9.95. The van der Waals surface area contributed by atoms with Crippen LogP contribution < -0.4 is 10.6 Å². The van der Waals surface area contributed by atoms with Crippen molar-refractivity contribution in [2.75, 3.05) is 18.8 Å². The number of hydrogen-bond donors (Lipinski definition) is 2. The molecule has 0 amide bonds. The number of nitrogens with one attached hydrogen (secondary N) is 2. The summed E-state index contributed by atoms with van der Waals surface area (Å²) in [6.07, 6.45) is 10.1.